The van der Waals surface area contributed by atoms with Gasteiger partial charge in [0.2, 0.25) is 0 Å². The van der Waals surface area contributed by atoms with Gasteiger partial charge in [0, 0.05) is 49.9 Å². The van der Waals surface area contributed by atoms with Crippen molar-refractivity contribution >= 4 is 51.2 Å². The highest BCUT2D eigenvalue weighted by molar-refractivity contribution is 7.17. The van der Waals surface area contributed by atoms with E-state index >= 15 is 0 Å². The molecule has 4 heterocycles. The van der Waals surface area contributed by atoms with Gasteiger partial charge in [0.15, 0.2) is 5.69 Å². The molecule has 224 valence electrons. The fraction of sp³-hybridized carbons (Fsp3) is 0.312. The van der Waals surface area contributed by atoms with Crippen LogP contribution in [0.4, 0.5) is 28.1 Å². The minimum atomic E-state index is -0.226. The molecule has 11 heteroatoms. The zero-order chi connectivity index (χ0) is 30.2. The summed E-state index contributed by atoms with van der Waals surface area (Å²) >= 11 is 1.59. The number of fused-ring (bicyclic) bond motifs is 1. The molecule has 2 aliphatic rings. The molecule has 6 rings (SSSR count). The van der Waals surface area contributed by atoms with Crippen molar-refractivity contribution in [3.8, 4) is 11.6 Å². The lowest BCUT2D eigenvalue weighted by Crippen LogP contribution is -2.36. The monoisotopic (exact) mass is 598 g/mol. The lowest BCUT2D eigenvalue weighted by Gasteiger charge is -2.27. The lowest BCUT2D eigenvalue weighted by atomic mass is 10.2. The first-order valence-electron chi connectivity index (χ1n) is 14.5. The van der Waals surface area contributed by atoms with Gasteiger partial charge in [0.05, 0.1) is 30.6 Å². The van der Waals surface area contributed by atoms with Gasteiger partial charge in [-0.05, 0) is 31.2 Å². The van der Waals surface area contributed by atoms with Crippen molar-refractivity contribution in [3.05, 3.63) is 78.0 Å². The maximum Gasteiger partial charge on any atom is 0.316 e. The van der Waals surface area contributed by atoms with Gasteiger partial charge in [-0.25, -0.2) is 4.98 Å². The highest BCUT2D eigenvalue weighted by Crippen LogP contribution is 2.40. The Morgan fingerprint density at radius 3 is 2.58 bits per heavy atom. The van der Waals surface area contributed by atoms with Crippen LogP contribution in [0.1, 0.15) is 25.8 Å². The van der Waals surface area contributed by atoms with Crippen molar-refractivity contribution in [2.45, 2.75) is 26.8 Å². The van der Waals surface area contributed by atoms with Crippen LogP contribution in [0.2, 0.25) is 0 Å². The van der Waals surface area contributed by atoms with Gasteiger partial charge in [-0.3, -0.25) is 4.99 Å². The third-order valence-corrected chi connectivity index (χ3v) is 8.17. The number of rotatable bonds is 7. The van der Waals surface area contributed by atoms with E-state index in [2.05, 4.69) is 66.5 Å². The molecule has 0 saturated carbocycles. The van der Waals surface area contributed by atoms with Crippen LogP contribution < -0.4 is 20.4 Å². The highest BCUT2D eigenvalue weighted by Gasteiger charge is 2.29. The smallest absolute Gasteiger partial charge is 0.316 e. The van der Waals surface area contributed by atoms with E-state index in [9.17, 15) is 0 Å². The summed E-state index contributed by atoms with van der Waals surface area (Å²) in [5.74, 6) is 0.357. The number of aromatic nitrogens is 3. The fourth-order valence-electron chi connectivity index (χ4n) is 4.93. The van der Waals surface area contributed by atoms with Gasteiger partial charge in [-0.15, -0.1) is 5.10 Å². The van der Waals surface area contributed by atoms with E-state index in [4.69, 9.17) is 14.1 Å². The third-order valence-electron chi connectivity index (χ3n) is 7.00. The van der Waals surface area contributed by atoms with Crippen molar-refractivity contribution < 1.29 is 9.15 Å². The molecule has 2 aromatic heterocycles. The Morgan fingerprint density at radius 2 is 1.84 bits per heavy atom. The molecule has 0 radical (unpaired) electrons. The molecule has 2 N–H and O–H groups in total. The van der Waals surface area contributed by atoms with Crippen LogP contribution in [-0.2, 0) is 4.74 Å². The van der Waals surface area contributed by atoms with E-state index in [0.29, 0.717) is 37.4 Å². The number of hydrogen-bond acceptors (Lipinski definition) is 11. The normalized spacial score (nSPS) is 17.2. The second-order valence-corrected chi connectivity index (χ2v) is 10.6. The largest absolute Gasteiger partial charge is 0.402 e. The molecular formula is C32H38N8O2S. The average Bonchev–Trinajstić information content (AvgIpc) is 3.68. The topological polar surface area (TPSA) is 104 Å². The molecule has 2 aliphatic heterocycles. The molecule has 1 atom stereocenters. The number of para-hydroxylation sites is 3. The number of hydrogen-bond donors (Lipinski definition) is 2. The molecule has 0 bridgehead atoms. The molecular weight excluding hydrogens is 560 g/mol. The Bertz CT molecular complexity index is 1570. The maximum atomic E-state index is 6.21. The van der Waals surface area contributed by atoms with Gasteiger partial charge in [-0.1, -0.05) is 73.3 Å². The maximum absolute atomic E-state index is 6.21. The van der Waals surface area contributed by atoms with E-state index < -0.39 is 0 Å². The predicted molar refractivity (Wildman–Crippen MR) is 178 cm³/mol. The van der Waals surface area contributed by atoms with E-state index in [0.717, 1.165) is 51.4 Å². The van der Waals surface area contributed by atoms with Crippen LogP contribution in [-0.4, -0.2) is 67.3 Å². The SMILES string of the molecule is C=C1Nc2ccccc2N(c2ccccc2)CC1Nc1nnc(-c2nc(/C(C=NC)=C/C)sc2N2CCOCC2)o1.CC. The van der Waals surface area contributed by atoms with Crippen molar-refractivity contribution in [2.24, 2.45) is 4.99 Å². The minimum absolute atomic E-state index is 0.226. The third kappa shape index (κ3) is 6.63. The lowest BCUT2D eigenvalue weighted by molar-refractivity contribution is 0.123. The van der Waals surface area contributed by atoms with Crippen LogP contribution in [0.25, 0.3) is 17.2 Å². The summed E-state index contributed by atoms with van der Waals surface area (Å²) in [5.41, 5.74) is 5.53. The minimum Gasteiger partial charge on any atom is -0.402 e. The van der Waals surface area contributed by atoms with Gasteiger partial charge >= 0.3 is 6.01 Å². The average molecular weight is 599 g/mol. The van der Waals surface area contributed by atoms with Gasteiger partial charge in [0.25, 0.3) is 5.89 Å². The van der Waals surface area contributed by atoms with Crippen molar-refractivity contribution in [1.82, 2.24) is 15.2 Å². The first-order chi connectivity index (χ1) is 21.1. The number of morpholine rings is 1. The second kappa shape index (κ2) is 14.1. The molecule has 1 unspecified atom stereocenters. The predicted octanol–water partition coefficient (Wildman–Crippen LogP) is 6.72. The van der Waals surface area contributed by atoms with E-state index in [1.54, 1.807) is 18.4 Å². The Labute approximate surface area is 256 Å². The highest BCUT2D eigenvalue weighted by atomic mass is 32.1. The first-order valence-corrected chi connectivity index (χ1v) is 15.4. The van der Waals surface area contributed by atoms with E-state index in [-0.39, 0.29) is 6.04 Å². The zero-order valence-corrected chi connectivity index (χ0v) is 25.9. The summed E-state index contributed by atoms with van der Waals surface area (Å²) in [6, 6.07) is 18.6. The molecule has 4 aromatic rings. The number of nitrogens with one attached hydrogen (secondary N) is 2. The number of aliphatic imine (C=N–C) groups is 1. The summed E-state index contributed by atoms with van der Waals surface area (Å²) in [6.07, 6.45) is 3.81. The molecule has 1 saturated heterocycles. The van der Waals surface area contributed by atoms with E-state index in [1.165, 1.54) is 0 Å². The number of anilines is 5. The summed E-state index contributed by atoms with van der Waals surface area (Å²) in [6.45, 7) is 13.8. The summed E-state index contributed by atoms with van der Waals surface area (Å²) in [4.78, 5) is 13.6. The van der Waals surface area contributed by atoms with Crippen LogP contribution in [0, 0.1) is 0 Å². The van der Waals surface area contributed by atoms with Crippen molar-refractivity contribution in [1.29, 1.82) is 0 Å². The van der Waals surface area contributed by atoms with Gasteiger partial charge < -0.3 is 29.6 Å². The Kier molecular flexibility index (Phi) is 9.85. The number of allylic oxidation sites excluding steroid dienone is 2. The Hall–Kier alpha value is -4.48. The summed E-state index contributed by atoms with van der Waals surface area (Å²) in [7, 11) is 1.75. The van der Waals surface area contributed by atoms with Crippen LogP contribution in [0.5, 0.6) is 0 Å². The second-order valence-electron chi connectivity index (χ2n) is 9.63. The summed E-state index contributed by atoms with van der Waals surface area (Å²) < 4.78 is 11.8. The van der Waals surface area contributed by atoms with Crippen LogP contribution >= 0.6 is 11.3 Å². The molecule has 0 aliphatic carbocycles. The Balaban J connectivity index is 0.00000180. The van der Waals surface area contributed by atoms with Gasteiger partial charge in [-0.2, -0.15) is 0 Å². The van der Waals surface area contributed by atoms with Crippen LogP contribution in [0.3, 0.4) is 0 Å². The molecule has 10 nitrogen and oxygen atoms in total. The molecule has 2 aromatic carbocycles. The quantitative estimate of drug-likeness (QED) is 0.224. The number of benzene rings is 2. The first kappa shape index (κ1) is 30.0. The van der Waals surface area contributed by atoms with Crippen molar-refractivity contribution in [2.75, 3.05) is 60.3 Å². The van der Waals surface area contributed by atoms with Crippen molar-refractivity contribution in [3.63, 3.8) is 0 Å². The van der Waals surface area contributed by atoms with Crippen LogP contribution in [0.15, 0.2) is 82.4 Å². The molecule has 0 amide bonds. The van der Waals surface area contributed by atoms with E-state index in [1.807, 2.05) is 63.4 Å². The molecule has 0 spiro atoms. The summed E-state index contributed by atoms with van der Waals surface area (Å²) in [5, 5.41) is 17.5. The zero-order valence-electron chi connectivity index (χ0n) is 25.1. The number of ether oxygens (including phenoxy) is 1. The number of nitrogens with zero attached hydrogens (tertiary/aromatic N) is 6. The fourth-order valence-corrected chi connectivity index (χ4v) is 6.08. The molecule has 43 heavy (non-hydrogen) atoms. The van der Waals surface area contributed by atoms with Gasteiger partial charge in [0.1, 0.15) is 10.0 Å². The number of thiazole rings is 1. The standard InChI is InChI=1S/C30H32N8O2S.C2H6/c1-4-21(18-31-3)28-34-26(29(41-28)37-14-16-39-17-15-37)27-35-36-30(40-27)33-24-19-38(22-10-6-5-7-11-22)25-13-9-8-12-23(25)32-20(24)2;1-2/h4-13,18,24,32H,2,14-17,19H2,1,3H3,(H,33,36);1-2H3/b21-4+,31-18?;. The Morgan fingerprint density at radius 1 is 1.09 bits per heavy atom. The molecule has 1 fully saturated rings.